The summed E-state index contributed by atoms with van der Waals surface area (Å²) in [5.74, 6) is -1.42. The molecule has 0 aliphatic carbocycles. The maximum absolute atomic E-state index is 15.9. The minimum atomic E-state index is -2.74. The van der Waals surface area contributed by atoms with E-state index in [2.05, 4.69) is 25.0 Å². The number of nitrogens with one attached hydrogen (secondary N) is 1. The van der Waals surface area contributed by atoms with Crippen LogP contribution in [0.4, 0.5) is 30.4 Å². The topological polar surface area (TPSA) is 167 Å². The molecule has 3 saturated heterocycles. The molecule has 11 rings (SSSR count). The van der Waals surface area contributed by atoms with Crippen LogP contribution in [0.2, 0.25) is 0 Å². The molecular weight excluding hydrogens is 904 g/mol. The lowest BCUT2D eigenvalue weighted by Crippen LogP contribution is -2.49. The summed E-state index contributed by atoms with van der Waals surface area (Å²) >= 11 is 0. The van der Waals surface area contributed by atoms with Gasteiger partial charge in [-0.2, -0.15) is 10.2 Å². The van der Waals surface area contributed by atoms with Crippen LogP contribution in [0, 0.1) is 5.82 Å². The first kappa shape index (κ1) is 45.7. The van der Waals surface area contributed by atoms with Crippen LogP contribution in [0.3, 0.4) is 0 Å². The van der Waals surface area contributed by atoms with Gasteiger partial charge in [-0.1, -0.05) is 0 Å². The third kappa shape index (κ3) is 7.95. The number of carbonyl (C=O) groups excluding carboxylic acids is 4. The van der Waals surface area contributed by atoms with Crippen molar-refractivity contribution in [3.05, 3.63) is 82.8 Å². The van der Waals surface area contributed by atoms with Crippen LogP contribution in [-0.4, -0.2) is 113 Å². The number of hydrogen-bond donors (Lipinski definition) is 2. The third-order valence-corrected chi connectivity index (χ3v) is 15.6. The summed E-state index contributed by atoms with van der Waals surface area (Å²) in [5, 5.41) is 25.3. The number of pyridine rings is 1. The second-order valence-corrected chi connectivity index (χ2v) is 19.9. The van der Waals surface area contributed by atoms with Crippen molar-refractivity contribution in [2.75, 3.05) is 49.1 Å². The summed E-state index contributed by atoms with van der Waals surface area (Å²) in [6.45, 7) is 4.60. The fourth-order valence-electron chi connectivity index (χ4n) is 11.8. The van der Waals surface area contributed by atoms with Crippen molar-refractivity contribution in [2.45, 2.75) is 102 Å². The standard InChI is InChI=1S/C51H56F3N11O5/c1-29(66)63-18-11-41-38(28-63)49(64-15-4-5-30-21-33(34(48(53)54)23-42(30)64)37-27-59(2)40-8-14-55-26-36(37)40)58-65(41)31-9-16-62(17-10-31)46(68)25-51(70)12-19-61(20-13-51)44-24-43-35(22-39(44)52)47(57-60(43)3)32-6-7-45(67)56-50(32)69/h8,14,21-24,26-27,31-32,48,70H,4-7,9-13,15-20,25,28H2,1-3H3,(H,56,67,69). The molecule has 4 aromatic heterocycles. The summed E-state index contributed by atoms with van der Waals surface area (Å²) < 4.78 is 51.8. The molecule has 2 aromatic carbocycles. The van der Waals surface area contributed by atoms with E-state index in [0.717, 1.165) is 34.1 Å². The second kappa shape index (κ2) is 17.6. The monoisotopic (exact) mass is 959 g/mol. The Morgan fingerprint density at radius 1 is 0.886 bits per heavy atom. The number of imide groups is 1. The summed E-state index contributed by atoms with van der Waals surface area (Å²) in [5.41, 5.74) is 5.79. The number of halogens is 3. The molecule has 5 aliphatic heterocycles. The van der Waals surface area contributed by atoms with Crippen LogP contribution in [0.15, 0.2) is 48.9 Å². The van der Waals surface area contributed by atoms with E-state index >= 15 is 13.2 Å². The van der Waals surface area contributed by atoms with Gasteiger partial charge in [0.05, 0.1) is 52.9 Å². The first-order valence-electron chi connectivity index (χ1n) is 24.4. The zero-order chi connectivity index (χ0) is 48.7. The lowest BCUT2D eigenvalue weighted by Gasteiger charge is -2.40. The maximum Gasteiger partial charge on any atom is 0.264 e. The average molecular weight is 960 g/mol. The minimum Gasteiger partial charge on any atom is -0.389 e. The minimum absolute atomic E-state index is 0.0443. The molecule has 1 atom stereocenters. The van der Waals surface area contributed by atoms with Crippen molar-refractivity contribution in [3.8, 4) is 11.1 Å². The molecule has 5 aliphatic rings. The van der Waals surface area contributed by atoms with Gasteiger partial charge < -0.3 is 29.3 Å². The molecule has 0 radical (unpaired) electrons. The zero-order valence-electron chi connectivity index (χ0n) is 39.6. The molecule has 16 nitrogen and oxygen atoms in total. The summed E-state index contributed by atoms with van der Waals surface area (Å²) in [6.07, 6.45) is 6.86. The Bertz CT molecular complexity index is 3110. The molecule has 6 aromatic rings. The fraction of sp³-hybridized carbons (Fsp3) is 0.471. The first-order valence-corrected chi connectivity index (χ1v) is 24.4. The van der Waals surface area contributed by atoms with E-state index in [0.29, 0.717) is 123 Å². The number of rotatable bonds is 8. The lowest BCUT2D eigenvalue weighted by molar-refractivity contribution is -0.139. The molecule has 0 spiro atoms. The molecule has 2 N–H and O–H groups in total. The molecule has 19 heteroatoms. The number of alkyl halides is 2. The Labute approximate surface area is 402 Å². The van der Waals surface area contributed by atoms with Gasteiger partial charge in [0.25, 0.3) is 6.43 Å². The van der Waals surface area contributed by atoms with Crippen molar-refractivity contribution in [1.29, 1.82) is 0 Å². The van der Waals surface area contributed by atoms with E-state index in [9.17, 15) is 24.3 Å². The number of piperidine rings is 3. The highest BCUT2D eigenvalue weighted by molar-refractivity contribution is 6.03. The maximum atomic E-state index is 15.9. The number of aromatic nitrogens is 6. The fourth-order valence-corrected chi connectivity index (χ4v) is 11.8. The number of anilines is 3. The smallest absolute Gasteiger partial charge is 0.264 e. The van der Waals surface area contributed by atoms with Crippen LogP contribution in [0.25, 0.3) is 32.9 Å². The predicted octanol–water partition coefficient (Wildman–Crippen LogP) is 6.49. The van der Waals surface area contributed by atoms with Gasteiger partial charge in [0.1, 0.15) is 5.82 Å². The zero-order valence-corrected chi connectivity index (χ0v) is 39.6. The molecular formula is C51H56F3N11O5. The Balaban J connectivity index is 0.786. The molecule has 4 amide bonds. The summed E-state index contributed by atoms with van der Waals surface area (Å²) in [6, 6.07) is 8.48. The third-order valence-electron chi connectivity index (χ3n) is 15.6. The van der Waals surface area contributed by atoms with Crippen LogP contribution in [-0.2, 0) is 52.7 Å². The number of benzene rings is 2. The van der Waals surface area contributed by atoms with Crippen molar-refractivity contribution in [3.63, 3.8) is 0 Å². The van der Waals surface area contributed by atoms with Gasteiger partial charge in [0.2, 0.25) is 23.6 Å². The number of amides is 4. The van der Waals surface area contributed by atoms with Gasteiger partial charge in [-0.15, -0.1) is 0 Å². The lowest BCUT2D eigenvalue weighted by atomic mass is 9.87. The highest BCUT2D eigenvalue weighted by Gasteiger charge is 2.40. The quantitative estimate of drug-likeness (QED) is 0.161. The van der Waals surface area contributed by atoms with Crippen LogP contribution in [0.1, 0.15) is 105 Å². The van der Waals surface area contributed by atoms with Crippen LogP contribution in [0.5, 0.6) is 0 Å². The molecule has 0 saturated carbocycles. The Morgan fingerprint density at radius 3 is 2.41 bits per heavy atom. The molecule has 3 fully saturated rings. The second-order valence-electron chi connectivity index (χ2n) is 19.9. The van der Waals surface area contributed by atoms with Gasteiger partial charge in [-0.3, -0.25) is 38.8 Å². The highest BCUT2D eigenvalue weighted by atomic mass is 19.3. The first-order chi connectivity index (χ1) is 33.6. The number of aryl methyl sites for hydroxylation is 3. The number of carbonyl (C=O) groups is 4. The van der Waals surface area contributed by atoms with Crippen molar-refractivity contribution >= 4 is 62.6 Å². The molecule has 9 heterocycles. The summed E-state index contributed by atoms with van der Waals surface area (Å²) in [4.78, 5) is 62.9. The number of fused-ring (bicyclic) bond motifs is 4. The largest absolute Gasteiger partial charge is 0.389 e. The molecule has 1 unspecified atom stereocenters. The van der Waals surface area contributed by atoms with E-state index in [1.807, 2.05) is 39.7 Å². The van der Waals surface area contributed by atoms with E-state index in [1.54, 1.807) is 48.1 Å². The van der Waals surface area contributed by atoms with Gasteiger partial charge in [0, 0.05) is 131 Å². The Kier molecular flexibility index (Phi) is 11.5. The van der Waals surface area contributed by atoms with E-state index in [1.165, 1.54) is 6.07 Å². The van der Waals surface area contributed by atoms with Crippen molar-refractivity contribution < 1.29 is 37.5 Å². The van der Waals surface area contributed by atoms with Gasteiger partial charge in [-0.05, 0) is 86.4 Å². The molecule has 366 valence electrons. The van der Waals surface area contributed by atoms with Gasteiger partial charge >= 0.3 is 0 Å². The number of likely N-dealkylation sites (tertiary alicyclic amines) is 1. The van der Waals surface area contributed by atoms with Gasteiger partial charge in [0.15, 0.2) is 5.82 Å². The number of hydrogen-bond acceptors (Lipinski definition) is 10. The van der Waals surface area contributed by atoms with Crippen molar-refractivity contribution in [1.82, 2.24) is 44.2 Å². The number of aliphatic hydroxyl groups is 1. The molecule has 0 bridgehead atoms. The van der Waals surface area contributed by atoms with E-state index < -0.39 is 29.7 Å². The van der Waals surface area contributed by atoms with Crippen molar-refractivity contribution in [2.24, 2.45) is 14.1 Å². The average Bonchev–Trinajstić information content (AvgIpc) is 4.00. The normalized spacial score (nSPS) is 19.9. The Morgan fingerprint density at radius 2 is 1.67 bits per heavy atom. The highest BCUT2D eigenvalue weighted by Crippen LogP contribution is 2.45. The summed E-state index contributed by atoms with van der Waals surface area (Å²) in [7, 11) is 3.63. The van der Waals surface area contributed by atoms with Crippen LogP contribution < -0.4 is 15.1 Å². The molecule has 70 heavy (non-hydrogen) atoms. The SMILES string of the molecule is CC(=O)N1CCc2c(c(N3CCCc4cc(-c5cn(C)c6ccncc56)c(C(F)F)cc43)nn2C2CCN(C(=O)CC3(O)CCN(c4cc5c(cc4F)c(C4CCC(=O)NC4=O)nn5C)CC3)CC2)C1. The predicted molar refractivity (Wildman–Crippen MR) is 255 cm³/mol. The Hall–Kier alpha value is -6.76. The van der Waals surface area contributed by atoms with E-state index in [4.69, 9.17) is 5.10 Å². The van der Waals surface area contributed by atoms with Gasteiger partial charge in [-0.25, -0.2) is 13.2 Å². The van der Waals surface area contributed by atoms with E-state index in [-0.39, 0.29) is 55.0 Å². The van der Waals surface area contributed by atoms with Crippen LogP contribution >= 0.6 is 0 Å². The number of nitrogens with zero attached hydrogens (tertiary/aromatic N) is 10.